The van der Waals surface area contributed by atoms with Crippen molar-refractivity contribution in [2.75, 3.05) is 19.0 Å². The fourth-order valence-electron chi connectivity index (χ4n) is 3.43. The maximum absolute atomic E-state index is 13.4. The van der Waals surface area contributed by atoms with Crippen molar-refractivity contribution in [2.24, 2.45) is 0 Å². The lowest BCUT2D eigenvalue weighted by molar-refractivity contribution is -0.141. The highest BCUT2D eigenvalue weighted by Gasteiger charge is 2.36. The minimum absolute atomic E-state index is 0.0112. The normalized spacial score (nSPS) is 16.4. The molecular formula is C20H26F3N5O5S. The first-order chi connectivity index (χ1) is 15.7. The summed E-state index contributed by atoms with van der Waals surface area (Å²) in [4.78, 5) is 16.0. The lowest BCUT2D eigenvalue weighted by Gasteiger charge is -2.23. The van der Waals surface area contributed by atoms with Gasteiger partial charge in [0, 0.05) is 7.11 Å². The third-order valence-corrected chi connectivity index (χ3v) is 6.48. The molecule has 188 valence electrons. The zero-order valence-corrected chi connectivity index (χ0v) is 20.0. The molecule has 1 atom stereocenters. The lowest BCUT2D eigenvalue weighted by atomic mass is 9.96. The second-order valence-electron chi connectivity index (χ2n) is 8.39. The Hall–Kier alpha value is -2.87. The number of urea groups is 1. The number of carbonyl (C=O) groups is 1. The molecule has 0 spiro atoms. The number of hydrogen-bond acceptors (Lipinski definition) is 7. The number of aromatic nitrogens is 3. The fourth-order valence-corrected chi connectivity index (χ4v) is 4.42. The Morgan fingerprint density at radius 1 is 1.26 bits per heavy atom. The average molecular weight is 506 g/mol. The molecule has 10 nitrogen and oxygen atoms in total. The molecule has 2 aromatic heterocycles. The van der Waals surface area contributed by atoms with Crippen LogP contribution in [0.25, 0.3) is 0 Å². The van der Waals surface area contributed by atoms with Crippen LogP contribution in [0.3, 0.4) is 0 Å². The lowest BCUT2D eigenvalue weighted by Crippen LogP contribution is -2.36. The number of nitrogens with zero attached hydrogens (tertiary/aromatic N) is 3. The number of methoxy groups -OCH3 is 1. The van der Waals surface area contributed by atoms with Crippen molar-refractivity contribution < 1.29 is 35.9 Å². The van der Waals surface area contributed by atoms with E-state index in [-0.39, 0.29) is 47.0 Å². The Kier molecular flexibility index (Phi) is 7.12. The van der Waals surface area contributed by atoms with E-state index in [9.17, 15) is 26.4 Å². The Balaban J connectivity index is 1.91. The molecule has 3 rings (SSSR count). The number of fused-ring (bicyclic) bond motifs is 1. The number of halogens is 3. The van der Waals surface area contributed by atoms with Crippen molar-refractivity contribution in [3.63, 3.8) is 0 Å². The molecule has 0 fully saturated rings. The summed E-state index contributed by atoms with van der Waals surface area (Å²) in [6.07, 6.45) is -3.95. The van der Waals surface area contributed by atoms with Crippen molar-refractivity contribution in [3.05, 3.63) is 29.2 Å². The molecule has 34 heavy (non-hydrogen) atoms. The van der Waals surface area contributed by atoms with Gasteiger partial charge in [0.25, 0.3) is 10.0 Å². The molecule has 0 aromatic carbocycles. The van der Waals surface area contributed by atoms with Gasteiger partial charge in [0.1, 0.15) is 18.4 Å². The highest BCUT2D eigenvalue weighted by atomic mass is 32.2. The Bertz CT molecular complexity index is 1150. The van der Waals surface area contributed by atoms with E-state index in [2.05, 4.69) is 15.4 Å². The van der Waals surface area contributed by atoms with Gasteiger partial charge in [-0.1, -0.05) is 27.7 Å². The molecule has 1 aliphatic rings. The second-order valence-corrected chi connectivity index (χ2v) is 10.0. The van der Waals surface area contributed by atoms with Gasteiger partial charge in [-0.15, -0.1) is 0 Å². The molecule has 0 radical (unpaired) electrons. The number of anilines is 1. The van der Waals surface area contributed by atoms with Gasteiger partial charge in [0.2, 0.25) is 5.88 Å². The zero-order chi connectivity index (χ0) is 25.4. The minimum atomic E-state index is -4.68. The van der Waals surface area contributed by atoms with Crippen molar-refractivity contribution in [1.82, 2.24) is 19.5 Å². The highest BCUT2D eigenvalue weighted by molar-refractivity contribution is 7.90. The molecule has 0 saturated carbocycles. The predicted octanol–water partition coefficient (Wildman–Crippen LogP) is 3.46. The van der Waals surface area contributed by atoms with E-state index in [1.54, 1.807) is 27.7 Å². The Morgan fingerprint density at radius 2 is 1.94 bits per heavy atom. The van der Waals surface area contributed by atoms with Crippen molar-refractivity contribution in [3.8, 4) is 5.88 Å². The summed E-state index contributed by atoms with van der Waals surface area (Å²) in [5.41, 5.74) is -0.892. The van der Waals surface area contributed by atoms with E-state index < -0.39 is 39.8 Å². The summed E-state index contributed by atoms with van der Waals surface area (Å²) in [5, 5.41) is 6.35. The van der Waals surface area contributed by atoms with Crippen LogP contribution in [0.4, 0.5) is 23.7 Å². The minimum Gasteiger partial charge on any atom is -0.474 e. The monoisotopic (exact) mass is 505 g/mol. The summed E-state index contributed by atoms with van der Waals surface area (Å²) in [5.74, 6) is -0.953. The van der Waals surface area contributed by atoms with Crippen LogP contribution in [0.5, 0.6) is 5.88 Å². The fraction of sp³-hybridized carbons (Fsp3) is 0.550. The quantitative estimate of drug-likeness (QED) is 0.616. The van der Waals surface area contributed by atoms with Gasteiger partial charge >= 0.3 is 12.2 Å². The number of hydrogen-bond donors (Lipinski definition) is 2. The van der Waals surface area contributed by atoms with E-state index in [1.807, 2.05) is 4.72 Å². The van der Waals surface area contributed by atoms with E-state index >= 15 is 0 Å². The van der Waals surface area contributed by atoms with Crippen LogP contribution in [0.1, 0.15) is 56.5 Å². The van der Waals surface area contributed by atoms with Gasteiger partial charge in [0.05, 0.1) is 24.1 Å². The molecule has 2 N–H and O–H groups in total. The standard InChI is InChI=1S/C20H26F3N5O5S/c1-10(2)13-6-15(20(21,22)23)25-16(11(3)4)17(13)26-19(29)27-34(30,31)14-7-24-28-8-12(32-5)9-33-18(14)28/h6-7,10-12H,8-9H2,1-5H3,(H2,26,27,29). The Labute approximate surface area is 194 Å². The number of carbonyl (C=O) groups excluding carboxylic acids is 1. The number of amides is 2. The molecule has 14 heteroatoms. The zero-order valence-electron chi connectivity index (χ0n) is 19.2. The maximum atomic E-state index is 13.4. The van der Waals surface area contributed by atoms with Gasteiger partial charge in [-0.2, -0.15) is 18.3 Å². The summed E-state index contributed by atoms with van der Waals surface area (Å²) in [6.45, 7) is 6.92. The second kappa shape index (κ2) is 9.41. The van der Waals surface area contributed by atoms with Gasteiger partial charge < -0.3 is 14.8 Å². The number of nitrogens with one attached hydrogen (secondary N) is 2. The van der Waals surface area contributed by atoms with Gasteiger partial charge in [-0.25, -0.2) is 27.6 Å². The average Bonchev–Trinajstić information content (AvgIpc) is 3.16. The first-order valence-electron chi connectivity index (χ1n) is 10.4. The van der Waals surface area contributed by atoms with Crippen LogP contribution in [-0.2, 0) is 27.5 Å². The summed E-state index contributed by atoms with van der Waals surface area (Å²) < 4.78 is 79.6. The molecule has 2 amide bonds. The SMILES string of the molecule is COC1COc2c(S(=O)(=O)NC(=O)Nc3c(C(C)C)cc(C(F)(F)F)nc3C(C)C)cnn2C1. The van der Waals surface area contributed by atoms with Crippen molar-refractivity contribution >= 4 is 21.7 Å². The van der Waals surface area contributed by atoms with Gasteiger partial charge in [-0.05, 0) is 23.5 Å². The number of alkyl halides is 3. The molecule has 0 bridgehead atoms. The van der Waals surface area contributed by atoms with Gasteiger partial charge in [0.15, 0.2) is 4.90 Å². The van der Waals surface area contributed by atoms with E-state index in [0.29, 0.717) is 0 Å². The van der Waals surface area contributed by atoms with E-state index in [1.165, 1.54) is 11.8 Å². The largest absolute Gasteiger partial charge is 0.474 e. The van der Waals surface area contributed by atoms with Gasteiger partial charge in [-0.3, -0.25) is 0 Å². The maximum Gasteiger partial charge on any atom is 0.433 e. The van der Waals surface area contributed by atoms with Crippen LogP contribution in [0.15, 0.2) is 17.2 Å². The van der Waals surface area contributed by atoms with Crippen LogP contribution < -0.4 is 14.8 Å². The molecular weight excluding hydrogens is 479 g/mol. The smallest absolute Gasteiger partial charge is 0.433 e. The molecule has 0 saturated heterocycles. The first kappa shape index (κ1) is 25.7. The van der Waals surface area contributed by atoms with Crippen molar-refractivity contribution in [1.29, 1.82) is 0 Å². The summed E-state index contributed by atoms with van der Waals surface area (Å²) in [6, 6.07) is -0.301. The van der Waals surface area contributed by atoms with Crippen LogP contribution in [0, 0.1) is 0 Å². The molecule has 3 heterocycles. The third kappa shape index (κ3) is 5.27. The van der Waals surface area contributed by atoms with E-state index in [0.717, 1.165) is 12.3 Å². The molecule has 1 aliphatic heterocycles. The van der Waals surface area contributed by atoms with Crippen LogP contribution in [-0.4, -0.2) is 49.0 Å². The van der Waals surface area contributed by atoms with Crippen LogP contribution >= 0.6 is 0 Å². The first-order valence-corrected chi connectivity index (χ1v) is 11.9. The summed E-state index contributed by atoms with van der Waals surface area (Å²) in [7, 11) is -2.93. The van der Waals surface area contributed by atoms with E-state index in [4.69, 9.17) is 9.47 Å². The number of sulfonamides is 1. The number of rotatable bonds is 6. The molecule has 2 aromatic rings. The molecule has 0 aliphatic carbocycles. The summed E-state index contributed by atoms with van der Waals surface area (Å²) >= 11 is 0. The number of ether oxygens (including phenoxy) is 2. The predicted molar refractivity (Wildman–Crippen MR) is 115 cm³/mol. The third-order valence-electron chi connectivity index (χ3n) is 5.17. The van der Waals surface area contributed by atoms with Crippen molar-refractivity contribution in [2.45, 2.75) is 63.3 Å². The number of pyridine rings is 1. The van der Waals surface area contributed by atoms with Crippen LogP contribution in [0.2, 0.25) is 0 Å². The molecule has 1 unspecified atom stereocenters. The highest BCUT2D eigenvalue weighted by Crippen LogP contribution is 2.37. The Morgan fingerprint density at radius 3 is 2.50 bits per heavy atom. The topological polar surface area (TPSA) is 124 Å².